The zero-order valence-electron chi connectivity index (χ0n) is 11.8. The molecule has 0 aliphatic rings. The van der Waals surface area contributed by atoms with Crippen LogP contribution < -0.4 is 10.1 Å². The lowest BCUT2D eigenvalue weighted by atomic mass is 10.2. The maximum atomic E-state index is 11.0. The van der Waals surface area contributed by atoms with E-state index in [1.165, 1.54) is 0 Å². The lowest BCUT2D eigenvalue weighted by molar-refractivity contribution is 0.153. The summed E-state index contributed by atoms with van der Waals surface area (Å²) in [5.41, 5.74) is 0.812. The van der Waals surface area contributed by atoms with Crippen LogP contribution in [0.25, 0.3) is 10.9 Å². The molecule has 0 atom stereocenters. The largest absolute Gasteiger partial charge is 0.479 e. The van der Waals surface area contributed by atoms with Crippen molar-refractivity contribution >= 4 is 17.0 Å². The van der Waals surface area contributed by atoms with Crippen LogP contribution in [-0.2, 0) is 4.74 Å². The van der Waals surface area contributed by atoms with E-state index in [-0.39, 0.29) is 13.2 Å². The quantitative estimate of drug-likeness (QED) is 0.876. The minimum absolute atomic E-state index is 0.232. The summed E-state index contributed by atoms with van der Waals surface area (Å²) in [6.07, 6.45) is 1.26. The van der Waals surface area contributed by atoms with Gasteiger partial charge in [-0.1, -0.05) is 30.0 Å². The smallest absolute Gasteiger partial charge is 0.407 e. The number of nitrogens with zero attached hydrogens (tertiary/aromatic N) is 1. The van der Waals surface area contributed by atoms with Gasteiger partial charge >= 0.3 is 6.09 Å². The number of rotatable bonds is 4. The molecule has 0 saturated heterocycles. The minimum Gasteiger partial charge on any atom is -0.479 e. The maximum absolute atomic E-state index is 11.0. The van der Waals surface area contributed by atoms with Crippen molar-refractivity contribution in [3.8, 4) is 17.6 Å². The van der Waals surface area contributed by atoms with E-state index in [4.69, 9.17) is 9.47 Å². The Balaban J connectivity index is 1.85. The number of aromatic nitrogens is 1. The molecule has 0 fully saturated rings. The second-order valence-electron chi connectivity index (χ2n) is 4.05. The van der Waals surface area contributed by atoms with E-state index in [0.717, 1.165) is 10.9 Å². The van der Waals surface area contributed by atoms with Gasteiger partial charge in [-0.15, -0.1) is 0 Å². The Kier molecular flexibility index (Phi) is 5.41. The van der Waals surface area contributed by atoms with E-state index < -0.39 is 6.09 Å². The first-order valence-corrected chi connectivity index (χ1v) is 6.64. The van der Waals surface area contributed by atoms with Gasteiger partial charge in [-0.3, -0.25) is 4.98 Å². The third-order valence-electron chi connectivity index (χ3n) is 2.62. The van der Waals surface area contributed by atoms with Crippen LogP contribution in [0.4, 0.5) is 4.79 Å². The number of pyridine rings is 1. The molecule has 0 radical (unpaired) electrons. The summed E-state index contributed by atoms with van der Waals surface area (Å²) in [4.78, 5) is 15.3. The molecule has 0 spiro atoms. The summed E-state index contributed by atoms with van der Waals surface area (Å²) in [6, 6.07) is 9.60. The normalized spacial score (nSPS) is 9.57. The standard InChI is InChI=1S/C16H16N2O3/c1-2-20-16(19)18-10-3-4-12-21-14-9-5-7-13-8-6-11-17-15(13)14/h5-9,11H,2,10,12H2,1H3,(H,18,19). The molecule has 2 aromatic rings. The molecule has 5 heteroatoms. The molecule has 1 heterocycles. The number of ether oxygens (including phenoxy) is 2. The van der Waals surface area contributed by atoms with Crippen LogP contribution in [0.3, 0.4) is 0 Å². The molecular formula is C16H16N2O3. The van der Waals surface area contributed by atoms with E-state index in [1.807, 2.05) is 30.3 Å². The van der Waals surface area contributed by atoms with Gasteiger partial charge in [-0.2, -0.15) is 0 Å². The highest BCUT2D eigenvalue weighted by Crippen LogP contribution is 2.22. The van der Waals surface area contributed by atoms with Crippen molar-refractivity contribution in [1.29, 1.82) is 0 Å². The van der Waals surface area contributed by atoms with E-state index in [0.29, 0.717) is 12.4 Å². The van der Waals surface area contributed by atoms with Crippen molar-refractivity contribution < 1.29 is 14.3 Å². The number of carbonyl (C=O) groups is 1. The molecule has 2 rings (SSSR count). The topological polar surface area (TPSA) is 60.5 Å². The number of fused-ring (bicyclic) bond motifs is 1. The fourth-order valence-corrected chi connectivity index (χ4v) is 1.72. The Morgan fingerprint density at radius 2 is 2.14 bits per heavy atom. The van der Waals surface area contributed by atoms with Gasteiger partial charge in [0.2, 0.25) is 0 Å². The summed E-state index contributed by atoms with van der Waals surface area (Å²) in [5, 5.41) is 3.53. The van der Waals surface area contributed by atoms with Crippen molar-refractivity contribution in [3.05, 3.63) is 36.5 Å². The highest BCUT2D eigenvalue weighted by molar-refractivity contribution is 5.84. The van der Waals surface area contributed by atoms with Gasteiger partial charge in [0.05, 0.1) is 13.2 Å². The van der Waals surface area contributed by atoms with Gasteiger partial charge in [0, 0.05) is 11.6 Å². The Labute approximate surface area is 123 Å². The van der Waals surface area contributed by atoms with E-state index >= 15 is 0 Å². The summed E-state index contributed by atoms with van der Waals surface area (Å²) < 4.78 is 10.3. The number of hydrogen-bond donors (Lipinski definition) is 1. The summed E-state index contributed by atoms with van der Waals surface area (Å²) in [6.45, 7) is 2.56. The average Bonchev–Trinajstić information content (AvgIpc) is 2.51. The number of nitrogens with one attached hydrogen (secondary N) is 1. The number of para-hydroxylation sites is 1. The number of hydrogen-bond acceptors (Lipinski definition) is 4. The fourth-order valence-electron chi connectivity index (χ4n) is 1.72. The number of benzene rings is 1. The van der Waals surface area contributed by atoms with Gasteiger partial charge in [0.1, 0.15) is 17.9 Å². The van der Waals surface area contributed by atoms with Crippen molar-refractivity contribution in [2.45, 2.75) is 6.92 Å². The first-order chi connectivity index (χ1) is 10.3. The van der Waals surface area contributed by atoms with Crippen molar-refractivity contribution in [1.82, 2.24) is 10.3 Å². The van der Waals surface area contributed by atoms with Crippen LogP contribution in [0.5, 0.6) is 5.75 Å². The summed E-state index contributed by atoms with van der Waals surface area (Å²) >= 11 is 0. The molecule has 5 nitrogen and oxygen atoms in total. The number of amides is 1. The first kappa shape index (κ1) is 14.7. The molecular weight excluding hydrogens is 268 g/mol. The molecule has 108 valence electrons. The molecule has 0 unspecified atom stereocenters. The van der Waals surface area contributed by atoms with E-state index in [1.54, 1.807) is 13.1 Å². The molecule has 0 aliphatic heterocycles. The van der Waals surface area contributed by atoms with Gasteiger partial charge in [0.25, 0.3) is 0 Å². The predicted octanol–water partition coefficient (Wildman–Crippen LogP) is 2.36. The molecule has 21 heavy (non-hydrogen) atoms. The first-order valence-electron chi connectivity index (χ1n) is 6.64. The average molecular weight is 284 g/mol. The predicted molar refractivity (Wildman–Crippen MR) is 80.0 cm³/mol. The Morgan fingerprint density at radius 3 is 3.00 bits per heavy atom. The highest BCUT2D eigenvalue weighted by atomic mass is 16.5. The lowest BCUT2D eigenvalue weighted by Gasteiger charge is -2.05. The molecule has 1 N–H and O–H groups in total. The van der Waals surface area contributed by atoms with Gasteiger partial charge in [-0.25, -0.2) is 4.79 Å². The van der Waals surface area contributed by atoms with Crippen LogP contribution in [0.2, 0.25) is 0 Å². The Bertz CT molecular complexity index is 669. The van der Waals surface area contributed by atoms with Crippen LogP contribution in [-0.4, -0.2) is 30.8 Å². The lowest BCUT2D eigenvalue weighted by Crippen LogP contribution is -2.24. The van der Waals surface area contributed by atoms with Crippen LogP contribution in [0.15, 0.2) is 36.5 Å². The maximum Gasteiger partial charge on any atom is 0.407 e. The van der Waals surface area contributed by atoms with E-state index in [9.17, 15) is 4.79 Å². The summed E-state index contributed by atoms with van der Waals surface area (Å²) in [5.74, 6) is 6.31. The van der Waals surface area contributed by atoms with Gasteiger partial charge in [0.15, 0.2) is 0 Å². The van der Waals surface area contributed by atoms with Crippen molar-refractivity contribution in [2.75, 3.05) is 19.8 Å². The van der Waals surface area contributed by atoms with Gasteiger partial charge in [-0.05, 0) is 19.1 Å². The molecule has 1 aromatic heterocycles. The number of carbonyl (C=O) groups excluding carboxylic acids is 1. The molecule has 0 aliphatic carbocycles. The zero-order valence-corrected chi connectivity index (χ0v) is 11.8. The monoisotopic (exact) mass is 284 g/mol. The molecule has 0 saturated carbocycles. The number of alkyl carbamates (subject to hydrolysis) is 1. The van der Waals surface area contributed by atoms with Crippen LogP contribution in [0.1, 0.15) is 6.92 Å². The highest BCUT2D eigenvalue weighted by Gasteiger charge is 2.01. The van der Waals surface area contributed by atoms with Crippen LogP contribution in [0, 0.1) is 11.8 Å². The van der Waals surface area contributed by atoms with E-state index in [2.05, 4.69) is 22.1 Å². The second kappa shape index (κ2) is 7.75. The SMILES string of the molecule is CCOC(=O)NCC#CCOc1cccc2cccnc12. The molecule has 1 aromatic carbocycles. The third-order valence-corrected chi connectivity index (χ3v) is 2.62. The van der Waals surface area contributed by atoms with Gasteiger partial charge < -0.3 is 14.8 Å². The van der Waals surface area contributed by atoms with Crippen molar-refractivity contribution in [2.24, 2.45) is 0 Å². The molecule has 1 amide bonds. The third kappa shape index (κ3) is 4.39. The Morgan fingerprint density at radius 1 is 1.29 bits per heavy atom. The van der Waals surface area contributed by atoms with Crippen molar-refractivity contribution in [3.63, 3.8) is 0 Å². The molecule has 0 bridgehead atoms. The minimum atomic E-state index is -0.467. The Hall–Kier alpha value is -2.74. The fraction of sp³-hybridized carbons (Fsp3) is 0.250. The second-order valence-corrected chi connectivity index (χ2v) is 4.05. The zero-order chi connectivity index (χ0) is 14.9. The van der Waals surface area contributed by atoms with Crippen LogP contribution >= 0.6 is 0 Å². The summed E-state index contributed by atoms with van der Waals surface area (Å²) in [7, 11) is 0.